The Kier molecular flexibility index (Phi) is 6.57. The first kappa shape index (κ1) is 10.9. The van der Waals surface area contributed by atoms with Crippen LogP contribution in [0.3, 0.4) is 0 Å². The van der Waals surface area contributed by atoms with E-state index in [9.17, 15) is 0 Å². The Labute approximate surface area is 70.3 Å². The minimum Gasteiger partial charge on any atom is -0.379 e. The summed E-state index contributed by atoms with van der Waals surface area (Å²) >= 11 is 0. The summed E-state index contributed by atoms with van der Waals surface area (Å²) in [5.41, 5.74) is 0. The standard InChI is InChI=1S/C9H21NO/c1-5-9(10-4)6-7-11-8(2)3/h8-10H,5-7H2,1-4H3. The topological polar surface area (TPSA) is 21.3 Å². The summed E-state index contributed by atoms with van der Waals surface area (Å²) in [6, 6.07) is 0.619. The zero-order valence-corrected chi connectivity index (χ0v) is 8.18. The zero-order chi connectivity index (χ0) is 8.69. The predicted molar refractivity (Wildman–Crippen MR) is 48.8 cm³/mol. The largest absolute Gasteiger partial charge is 0.379 e. The molecule has 0 radical (unpaired) electrons. The third-order valence-electron chi connectivity index (χ3n) is 1.82. The number of hydrogen-bond donors (Lipinski definition) is 1. The van der Waals surface area contributed by atoms with Gasteiger partial charge in [0.1, 0.15) is 0 Å². The van der Waals surface area contributed by atoms with Gasteiger partial charge in [-0.3, -0.25) is 0 Å². The molecular weight excluding hydrogens is 138 g/mol. The van der Waals surface area contributed by atoms with E-state index in [2.05, 4.69) is 26.1 Å². The summed E-state index contributed by atoms with van der Waals surface area (Å²) < 4.78 is 5.44. The van der Waals surface area contributed by atoms with E-state index in [0.717, 1.165) is 13.0 Å². The molecule has 0 aliphatic rings. The van der Waals surface area contributed by atoms with Gasteiger partial charge in [-0.15, -0.1) is 0 Å². The molecule has 0 fully saturated rings. The first-order valence-corrected chi connectivity index (χ1v) is 4.49. The molecule has 0 aromatic carbocycles. The van der Waals surface area contributed by atoms with Crippen molar-refractivity contribution in [3.63, 3.8) is 0 Å². The zero-order valence-electron chi connectivity index (χ0n) is 8.18. The van der Waals surface area contributed by atoms with Crippen LogP contribution in [0.25, 0.3) is 0 Å². The Morgan fingerprint density at radius 1 is 1.36 bits per heavy atom. The summed E-state index contributed by atoms with van der Waals surface area (Å²) in [5.74, 6) is 0. The van der Waals surface area contributed by atoms with Crippen molar-refractivity contribution in [3.05, 3.63) is 0 Å². The Balaban J connectivity index is 3.21. The molecule has 1 atom stereocenters. The van der Waals surface area contributed by atoms with Gasteiger partial charge in [0.15, 0.2) is 0 Å². The number of hydrogen-bond acceptors (Lipinski definition) is 2. The fourth-order valence-electron chi connectivity index (χ4n) is 0.999. The summed E-state index contributed by atoms with van der Waals surface area (Å²) in [6.45, 7) is 7.20. The first-order valence-electron chi connectivity index (χ1n) is 4.49. The second-order valence-corrected chi connectivity index (χ2v) is 3.10. The molecule has 1 unspecified atom stereocenters. The summed E-state index contributed by atoms with van der Waals surface area (Å²) in [5, 5.41) is 3.25. The maximum absolute atomic E-state index is 5.44. The van der Waals surface area contributed by atoms with Crippen LogP contribution < -0.4 is 5.32 Å². The third kappa shape index (κ3) is 6.32. The molecule has 2 heteroatoms. The Hall–Kier alpha value is -0.0800. The lowest BCUT2D eigenvalue weighted by molar-refractivity contribution is 0.0717. The average molecular weight is 159 g/mol. The third-order valence-corrected chi connectivity index (χ3v) is 1.82. The molecule has 0 saturated heterocycles. The molecular formula is C9H21NO. The van der Waals surface area contributed by atoms with Crippen LogP contribution in [0.5, 0.6) is 0 Å². The van der Waals surface area contributed by atoms with E-state index >= 15 is 0 Å². The minimum absolute atomic E-state index is 0.365. The van der Waals surface area contributed by atoms with E-state index in [0.29, 0.717) is 12.1 Å². The van der Waals surface area contributed by atoms with Crippen molar-refractivity contribution in [2.75, 3.05) is 13.7 Å². The van der Waals surface area contributed by atoms with E-state index in [-0.39, 0.29) is 0 Å². The molecule has 11 heavy (non-hydrogen) atoms. The van der Waals surface area contributed by atoms with E-state index in [4.69, 9.17) is 4.74 Å². The fraction of sp³-hybridized carbons (Fsp3) is 1.00. The van der Waals surface area contributed by atoms with Gasteiger partial charge in [-0.2, -0.15) is 0 Å². The highest BCUT2D eigenvalue weighted by Gasteiger charge is 2.02. The normalized spacial score (nSPS) is 13.9. The van der Waals surface area contributed by atoms with Crippen LogP contribution in [0.4, 0.5) is 0 Å². The van der Waals surface area contributed by atoms with Gasteiger partial charge in [0.05, 0.1) is 6.10 Å². The summed E-state index contributed by atoms with van der Waals surface area (Å²) in [7, 11) is 2.00. The fourth-order valence-corrected chi connectivity index (χ4v) is 0.999. The van der Waals surface area contributed by atoms with Crippen molar-refractivity contribution in [1.29, 1.82) is 0 Å². The highest BCUT2D eigenvalue weighted by Crippen LogP contribution is 1.98. The first-order chi connectivity index (χ1) is 5.20. The molecule has 0 heterocycles. The lowest BCUT2D eigenvalue weighted by Crippen LogP contribution is -2.26. The number of nitrogens with one attached hydrogen (secondary N) is 1. The highest BCUT2D eigenvalue weighted by molar-refractivity contribution is 4.60. The molecule has 68 valence electrons. The van der Waals surface area contributed by atoms with Crippen LogP contribution in [0, 0.1) is 0 Å². The molecule has 0 aliphatic heterocycles. The Morgan fingerprint density at radius 2 is 2.00 bits per heavy atom. The maximum Gasteiger partial charge on any atom is 0.0518 e. The van der Waals surface area contributed by atoms with Crippen LogP contribution >= 0.6 is 0 Å². The molecule has 0 spiro atoms. The molecule has 0 amide bonds. The second-order valence-electron chi connectivity index (χ2n) is 3.10. The van der Waals surface area contributed by atoms with Crippen molar-refractivity contribution in [1.82, 2.24) is 5.32 Å². The SMILES string of the molecule is CCC(CCOC(C)C)NC. The molecule has 0 aromatic rings. The van der Waals surface area contributed by atoms with Crippen molar-refractivity contribution in [2.45, 2.75) is 45.8 Å². The van der Waals surface area contributed by atoms with Crippen LogP contribution in [0.2, 0.25) is 0 Å². The summed E-state index contributed by atoms with van der Waals surface area (Å²) in [4.78, 5) is 0. The van der Waals surface area contributed by atoms with Gasteiger partial charge in [0.2, 0.25) is 0 Å². The van der Waals surface area contributed by atoms with E-state index in [1.54, 1.807) is 0 Å². The van der Waals surface area contributed by atoms with Gasteiger partial charge < -0.3 is 10.1 Å². The maximum atomic E-state index is 5.44. The molecule has 0 bridgehead atoms. The van der Waals surface area contributed by atoms with Gasteiger partial charge in [-0.05, 0) is 33.7 Å². The second kappa shape index (κ2) is 6.62. The smallest absolute Gasteiger partial charge is 0.0518 e. The van der Waals surface area contributed by atoms with E-state index in [1.165, 1.54) is 6.42 Å². The van der Waals surface area contributed by atoms with Gasteiger partial charge in [-0.1, -0.05) is 6.92 Å². The predicted octanol–water partition coefficient (Wildman–Crippen LogP) is 1.80. The van der Waals surface area contributed by atoms with Crippen molar-refractivity contribution < 1.29 is 4.74 Å². The Bertz CT molecular complexity index is 79.6. The molecule has 0 aliphatic carbocycles. The molecule has 0 rings (SSSR count). The van der Waals surface area contributed by atoms with Crippen molar-refractivity contribution in [2.24, 2.45) is 0 Å². The van der Waals surface area contributed by atoms with E-state index < -0.39 is 0 Å². The monoisotopic (exact) mass is 159 g/mol. The molecule has 1 N–H and O–H groups in total. The molecule has 0 aromatic heterocycles. The van der Waals surface area contributed by atoms with Crippen LogP contribution in [0.1, 0.15) is 33.6 Å². The van der Waals surface area contributed by atoms with Gasteiger partial charge in [-0.25, -0.2) is 0 Å². The summed E-state index contributed by atoms with van der Waals surface area (Å²) in [6.07, 6.45) is 2.66. The quantitative estimate of drug-likeness (QED) is 0.638. The van der Waals surface area contributed by atoms with Crippen LogP contribution in [-0.4, -0.2) is 25.8 Å². The average Bonchev–Trinajstić information content (AvgIpc) is 1.98. The molecule has 2 nitrogen and oxygen atoms in total. The van der Waals surface area contributed by atoms with Gasteiger partial charge in [0.25, 0.3) is 0 Å². The minimum atomic E-state index is 0.365. The van der Waals surface area contributed by atoms with E-state index in [1.807, 2.05) is 7.05 Å². The lowest BCUT2D eigenvalue weighted by Gasteiger charge is -2.14. The Morgan fingerprint density at radius 3 is 2.36 bits per heavy atom. The van der Waals surface area contributed by atoms with Crippen LogP contribution in [0.15, 0.2) is 0 Å². The van der Waals surface area contributed by atoms with Crippen molar-refractivity contribution >= 4 is 0 Å². The lowest BCUT2D eigenvalue weighted by atomic mass is 10.2. The van der Waals surface area contributed by atoms with Gasteiger partial charge in [0, 0.05) is 12.6 Å². The van der Waals surface area contributed by atoms with Crippen LogP contribution in [-0.2, 0) is 4.74 Å². The van der Waals surface area contributed by atoms with Gasteiger partial charge >= 0.3 is 0 Å². The highest BCUT2D eigenvalue weighted by atomic mass is 16.5. The van der Waals surface area contributed by atoms with Crippen molar-refractivity contribution in [3.8, 4) is 0 Å². The molecule has 0 saturated carbocycles. The number of rotatable bonds is 6. The number of ether oxygens (including phenoxy) is 1.